The second-order valence-corrected chi connectivity index (χ2v) is 19.8. The second-order valence-electron chi connectivity index (χ2n) is 17.1. The first kappa shape index (κ1) is 59.8. The van der Waals surface area contributed by atoms with Crippen molar-refractivity contribution in [2.24, 2.45) is 0 Å². The molecule has 3 aromatic heterocycles. The number of hydrogen-bond donors (Lipinski definition) is 8. The molecule has 0 aliphatic carbocycles. The van der Waals surface area contributed by atoms with Crippen molar-refractivity contribution < 1.29 is 109 Å². The Labute approximate surface area is 434 Å². The Kier molecular flexibility index (Phi) is 20.1. The van der Waals surface area contributed by atoms with E-state index in [1.54, 1.807) is 0 Å². The second kappa shape index (κ2) is 25.8. The van der Waals surface area contributed by atoms with E-state index in [0.717, 1.165) is 44.9 Å². The molecule has 3 aliphatic rings. The van der Waals surface area contributed by atoms with Gasteiger partial charge in [-0.15, -0.1) is 6.58 Å². The van der Waals surface area contributed by atoms with Gasteiger partial charge >= 0.3 is 45.2 Å². The summed E-state index contributed by atoms with van der Waals surface area (Å²) < 4.78 is 88.5. The predicted octanol–water partition coefficient (Wildman–Crippen LogP) is -2.56. The number of phosphoric ester groups is 2. The van der Waals surface area contributed by atoms with Gasteiger partial charge < -0.3 is 79.8 Å². The van der Waals surface area contributed by atoms with Gasteiger partial charge in [-0.25, -0.2) is 33.7 Å². The number of aliphatic hydroxyl groups is 1. The molecular formula is C41H56N10O24P2. The minimum atomic E-state index is -5.40. The summed E-state index contributed by atoms with van der Waals surface area (Å²) in [4.78, 5) is 135. The molecule has 6 heterocycles. The number of aliphatic hydroxyl groups excluding tert-OH is 1. The number of carbonyl (C=O) groups excluding carboxylic acids is 6. The highest BCUT2D eigenvalue weighted by atomic mass is 31.2. The van der Waals surface area contributed by atoms with Crippen LogP contribution in [0.2, 0.25) is 0 Å². The molecular weight excluding hydrogens is 1080 g/mol. The molecule has 2 amide bonds. The van der Waals surface area contributed by atoms with Crippen LogP contribution in [-0.4, -0.2) is 178 Å². The zero-order valence-electron chi connectivity index (χ0n) is 41.2. The summed E-state index contributed by atoms with van der Waals surface area (Å²) in [6.45, 7) is 4.25. The number of imidazole rings is 1. The number of anilines is 2. The molecule has 6 rings (SSSR count). The summed E-state index contributed by atoms with van der Waals surface area (Å²) in [5, 5.41) is 16.8. The first-order valence-corrected chi connectivity index (χ1v) is 26.0. The molecule has 3 aromatic rings. The molecule has 36 heteroatoms. The largest absolute Gasteiger partial charge is 0.472 e. The first-order chi connectivity index (χ1) is 36.2. The molecule has 14 atom stereocenters. The van der Waals surface area contributed by atoms with E-state index in [4.69, 9.17) is 58.4 Å². The average molecular weight is 1130 g/mol. The van der Waals surface area contributed by atoms with Gasteiger partial charge in [-0.05, 0) is 12.5 Å². The molecule has 3 aliphatic heterocycles. The van der Waals surface area contributed by atoms with E-state index < -0.39 is 170 Å². The van der Waals surface area contributed by atoms with E-state index in [1.807, 2.05) is 0 Å². The smallest absolute Gasteiger partial charge is 0.463 e. The molecule has 0 saturated carbocycles. The standard InChI is InChI=1S/C41H56N10O24P2/c1-6-7-8-28(56)48-22(12-66-40-30(47-18(2)52)35(70-21(5)55)34(69-20(4)54)25(73-40)13-65-19(3)53)39(58)74-33-26(72-38(32(33)57)51-17-46-31-36(43)44-16-45-37(31)51)15-68-77(63,64)75-23-11-29(50-10-9-27(42)49-41(50)59)71-24(23)14-67-76(60,61)62/h6,9-10,16-17,22-26,29-30,32-35,38,40,57H,1,7-8,11-15H2,2-5H3,(H,47,52)(H,48,56)(H,63,64)(H2,42,49,59)(H2,43,44,45)(H2,60,61,62)/t22-,23-,24+,25+,26+,29+,30+,32+,33+,34+,35+,38+,40+/m0/s1. The summed E-state index contributed by atoms with van der Waals surface area (Å²) in [5.41, 5.74) is 10.7. The number of nitrogens with two attached hydrogens (primary N) is 2. The van der Waals surface area contributed by atoms with E-state index in [1.165, 1.54) is 22.9 Å². The number of fused-ring (bicyclic) bond motifs is 1. The third kappa shape index (κ3) is 16.1. The van der Waals surface area contributed by atoms with E-state index in [-0.39, 0.29) is 35.6 Å². The van der Waals surface area contributed by atoms with E-state index >= 15 is 0 Å². The fourth-order valence-corrected chi connectivity index (χ4v) is 9.41. The van der Waals surface area contributed by atoms with E-state index in [0.29, 0.717) is 0 Å². The highest BCUT2D eigenvalue weighted by molar-refractivity contribution is 7.47. The zero-order valence-corrected chi connectivity index (χ0v) is 43.0. The van der Waals surface area contributed by atoms with Crippen LogP contribution < -0.4 is 27.8 Å². The lowest BCUT2D eigenvalue weighted by Crippen LogP contribution is -2.67. The van der Waals surface area contributed by atoms with Crippen molar-refractivity contribution >= 4 is 74.1 Å². The number of esters is 4. The maximum atomic E-state index is 14.5. The van der Waals surface area contributed by atoms with Crippen LogP contribution in [-0.2, 0) is 89.4 Å². The fraction of sp³-hybridized carbons (Fsp3) is 0.585. The summed E-state index contributed by atoms with van der Waals surface area (Å²) >= 11 is 0. The van der Waals surface area contributed by atoms with Crippen LogP contribution in [0, 0.1) is 0 Å². The molecule has 0 aromatic carbocycles. The summed E-state index contributed by atoms with van der Waals surface area (Å²) in [6, 6.07) is -2.16. The topological polar surface area (TPSA) is 474 Å². The Balaban J connectivity index is 1.29. The van der Waals surface area contributed by atoms with Crippen LogP contribution >= 0.6 is 15.6 Å². The number of nitrogens with zero attached hydrogens (tertiary/aromatic N) is 6. The number of aromatic nitrogens is 6. The van der Waals surface area contributed by atoms with Gasteiger partial charge in [0.05, 0.1) is 26.1 Å². The number of amides is 2. The van der Waals surface area contributed by atoms with Crippen LogP contribution in [0.15, 0.2) is 42.4 Å². The minimum Gasteiger partial charge on any atom is -0.463 e. The van der Waals surface area contributed by atoms with Crippen LogP contribution in [0.25, 0.3) is 11.2 Å². The number of phosphoric acid groups is 2. The predicted molar refractivity (Wildman–Crippen MR) is 251 cm³/mol. The monoisotopic (exact) mass is 1130 g/mol. The Morgan fingerprint density at radius 1 is 0.883 bits per heavy atom. The van der Waals surface area contributed by atoms with Crippen LogP contribution in [0.5, 0.6) is 0 Å². The Morgan fingerprint density at radius 3 is 2.22 bits per heavy atom. The average Bonchev–Trinajstić information content (AvgIpc) is 4.04. The highest BCUT2D eigenvalue weighted by Crippen LogP contribution is 2.50. The molecule has 0 spiro atoms. The van der Waals surface area contributed by atoms with Crippen molar-refractivity contribution in [3.8, 4) is 0 Å². The molecule has 0 bridgehead atoms. The van der Waals surface area contributed by atoms with Crippen LogP contribution in [0.4, 0.5) is 11.6 Å². The van der Waals surface area contributed by atoms with Crippen molar-refractivity contribution in [3.05, 3.63) is 48.1 Å². The number of rotatable bonds is 24. The Bertz CT molecular complexity index is 2820. The number of carbonyl (C=O) groups is 6. The number of ether oxygens (including phenoxy) is 8. The van der Waals surface area contributed by atoms with E-state index in [9.17, 15) is 62.5 Å². The summed E-state index contributed by atoms with van der Waals surface area (Å²) in [6.07, 6.45) is -13.7. The lowest BCUT2D eigenvalue weighted by molar-refractivity contribution is -0.278. The minimum absolute atomic E-state index is 0.00362. The number of nitrogens with one attached hydrogen (secondary N) is 2. The van der Waals surface area contributed by atoms with E-state index in [2.05, 4.69) is 41.7 Å². The molecule has 0 radical (unpaired) electrons. The van der Waals surface area contributed by atoms with Gasteiger partial charge in [0.1, 0.15) is 67.1 Å². The van der Waals surface area contributed by atoms with Gasteiger partial charge in [0.15, 0.2) is 48.3 Å². The summed E-state index contributed by atoms with van der Waals surface area (Å²) in [5.74, 6) is -5.74. The summed E-state index contributed by atoms with van der Waals surface area (Å²) in [7, 11) is -10.6. The molecule has 3 saturated heterocycles. The van der Waals surface area contributed by atoms with Gasteiger partial charge in [-0.2, -0.15) is 4.98 Å². The number of hydrogen-bond acceptors (Lipinski definition) is 27. The molecule has 1 unspecified atom stereocenters. The third-order valence-corrected chi connectivity index (χ3v) is 12.8. The molecule has 77 heavy (non-hydrogen) atoms. The number of nitrogen functional groups attached to an aromatic ring is 2. The lowest BCUT2D eigenvalue weighted by Gasteiger charge is -2.45. The van der Waals surface area contributed by atoms with Gasteiger partial charge in [0, 0.05) is 46.7 Å². The third-order valence-electron chi connectivity index (χ3n) is 11.3. The maximum Gasteiger partial charge on any atom is 0.472 e. The zero-order chi connectivity index (χ0) is 56.5. The molecule has 424 valence electrons. The molecule has 3 fully saturated rings. The number of allylic oxidation sites excluding steroid dienone is 1. The van der Waals surface area contributed by atoms with Crippen LogP contribution in [0.3, 0.4) is 0 Å². The molecule has 10 N–H and O–H groups in total. The van der Waals surface area contributed by atoms with Crippen molar-refractivity contribution in [2.45, 2.75) is 127 Å². The molecule has 34 nitrogen and oxygen atoms in total. The SMILES string of the molecule is C=CCCC(=O)N[C@@H](CO[C@@H]1O[C@H](COC(C)=O)[C@@H](OC(C)=O)[C@H](OC(C)=O)[C@H]1NC(C)=O)C(=O)O[C@H]1[C@@H](O)[C@H](n2cnc3c(N)ncnc32)O[C@@H]1COP(=O)(O)O[C@H]1C[C@H](n2ccc(N)nc2=O)O[C@@H]1COP(=O)(O)O. The Hall–Kier alpha value is -6.39. The fourth-order valence-electron chi connectivity index (χ4n) is 8.11. The quantitative estimate of drug-likeness (QED) is 0.0198. The van der Waals surface area contributed by atoms with Crippen molar-refractivity contribution in [3.63, 3.8) is 0 Å². The van der Waals surface area contributed by atoms with Gasteiger partial charge in [-0.1, -0.05) is 6.08 Å². The maximum absolute atomic E-state index is 14.5. The van der Waals surface area contributed by atoms with Gasteiger partial charge in [-0.3, -0.25) is 46.7 Å². The van der Waals surface area contributed by atoms with Gasteiger partial charge in [0.2, 0.25) is 11.8 Å². The Morgan fingerprint density at radius 2 is 1.57 bits per heavy atom. The highest BCUT2D eigenvalue weighted by Gasteiger charge is 2.53. The normalized spacial score (nSPS) is 27.4. The first-order valence-electron chi connectivity index (χ1n) is 23.0. The lowest BCUT2D eigenvalue weighted by atomic mass is 9.96. The van der Waals surface area contributed by atoms with Crippen LogP contribution in [0.1, 0.15) is 59.4 Å². The van der Waals surface area contributed by atoms with Crippen molar-refractivity contribution in [1.29, 1.82) is 0 Å². The van der Waals surface area contributed by atoms with Crippen molar-refractivity contribution in [1.82, 2.24) is 39.7 Å². The van der Waals surface area contributed by atoms with Gasteiger partial charge in [0.25, 0.3) is 0 Å². The van der Waals surface area contributed by atoms with Crippen molar-refractivity contribution in [2.75, 3.05) is 37.9 Å².